The summed E-state index contributed by atoms with van der Waals surface area (Å²) >= 11 is 0. The Kier molecular flexibility index (Phi) is 3.78. The SMILES string of the molecule is NC(=O)C1(N2CCCNCC2)CCOCC1. The van der Waals surface area contributed by atoms with Gasteiger partial charge >= 0.3 is 0 Å². The first-order valence-electron chi connectivity index (χ1n) is 6.09. The van der Waals surface area contributed by atoms with Crippen molar-refractivity contribution in [1.29, 1.82) is 0 Å². The van der Waals surface area contributed by atoms with Crippen LogP contribution in [0.2, 0.25) is 0 Å². The van der Waals surface area contributed by atoms with Crippen LogP contribution in [0.15, 0.2) is 0 Å². The normalized spacial score (nSPS) is 27.2. The molecule has 0 aromatic heterocycles. The zero-order valence-electron chi connectivity index (χ0n) is 9.71. The molecular weight excluding hydrogens is 206 g/mol. The zero-order valence-corrected chi connectivity index (χ0v) is 9.71. The molecule has 2 rings (SSSR count). The first-order chi connectivity index (χ1) is 7.76. The highest BCUT2D eigenvalue weighted by molar-refractivity contribution is 5.84. The number of amides is 1. The molecule has 3 N–H and O–H groups in total. The topological polar surface area (TPSA) is 67.6 Å². The van der Waals surface area contributed by atoms with Crippen LogP contribution in [0.1, 0.15) is 19.3 Å². The summed E-state index contributed by atoms with van der Waals surface area (Å²) < 4.78 is 5.35. The van der Waals surface area contributed by atoms with Crippen molar-refractivity contribution in [2.45, 2.75) is 24.8 Å². The molecule has 5 heteroatoms. The summed E-state index contributed by atoms with van der Waals surface area (Å²) in [7, 11) is 0. The number of hydrogen-bond acceptors (Lipinski definition) is 4. The predicted molar refractivity (Wildman–Crippen MR) is 61.0 cm³/mol. The van der Waals surface area contributed by atoms with Crippen LogP contribution < -0.4 is 11.1 Å². The molecule has 2 heterocycles. The second kappa shape index (κ2) is 5.12. The summed E-state index contributed by atoms with van der Waals surface area (Å²) in [5.41, 5.74) is 5.17. The van der Waals surface area contributed by atoms with E-state index in [1.807, 2.05) is 0 Å². The molecule has 0 spiro atoms. The van der Waals surface area contributed by atoms with Crippen LogP contribution in [0.25, 0.3) is 0 Å². The molecule has 0 aliphatic carbocycles. The lowest BCUT2D eigenvalue weighted by atomic mass is 9.87. The van der Waals surface area contributed by atoms with Crippen molar-refractivity contribution >= 4 is 5.91 Å². The maximum atomic E-state index is 11.8. The van der Waals surface area contributed by atoms with Gasteiger partial charge in [-0.1, -0.05) is 0 Å². The van der Waals surface area contributed by atoms with Gasteiger partial charge in [0.1, 0.15) is 5.54 Å². The Balaban J connectivity index is 2.12. The van der Waals surface area contributed by atoms with Crippen LogP contribution in [0, 0.1) is 0 Å². The number of rotatable bonds is 2. The molecule has 2 aliphatic rings. The van der Waals surface area contributed by atoms with E-state index in [0.717, 1.165) is 45.4 Å². The number of hydrogen-bond donors (Lipinski definition) is 2. The van der Waals surface area contributed by atoms with E-state index in [2.05, 4.69) is 10.2 Å². The van der Waals surface area contributed by atoms with Gasteiger partial charge in [-0.2, -0.15) is 0 Å². The van der Waals surface area contributed by atoms with E-state index in [0.29, 0.717) is 13.2 Å². The van der Waals surface area contributed by atoms with Crippen LogP contribution in [-0.2, 0) is 9.53 Å². The molecule has 92 valence electrons. The highest BCUT2D eigenvalue weighted by Crippen LogP contribution is 2.28. The second-order valence-electron chi connectivity index (χ2n) is 4.60. The number of nitrogens with one attached hydrogen (secondary N) is 1. The Morgan fingerprint density at radius 2 is 2.00 bits per heavy atom. The fourth-order valence-corrected chi connectivity index (χ4v) is 2.70. The number of primary amides is 1. The molecule has 0 atom stereocenters. The van der Waals surface area contributed by atoms with Gasteiger partial charge in [0.15, 0.2) is 0 Å². The number of carbonyl (C=O) groups is 1. The third-order valence-corrected chi connectivity index (χ3v) is 3.72. The van der Waals surface area contributed by atoms with Gasteiger partial charge in [0.2, 0.25) is 5.91 Å². The molecule has 2 fully saturated rings. The van der Waals surface area contributed by atoms with E-state index in [-0.39, 0.29) is 5.91 Å². The van der Waals surface area contributed by atoms with Gasteiger partial charge in [-0.25, -0.2) is 0 Å². The minimum atomic E-state index is -0.454. The Bertz CT molecular complexity index is 244. The van der Waals surface area contributed by atoms with E-state index < -0.39 is 5.54 Å². The van der Waals surface area contributed by atoms with E-state index in [1.54, 1.807) is 0 Å². The summed E-state index contributed by atoms with van der Waals surface area (Å²) in [6.45, 7) is 5.12. The minimum absolute atomic E-state index is 0.183. The maximum Gasteiger partial charge on any atom is 0.238 e. The highest BCUT2D eigenvalue weighted by Gasteiger charge is 2.43. The monoisotopic (exact) mass is 227 g/mol. The maximum absolute atomic E-state index is 11.8. The molecule has 16 heavy (non-hydrogen) atoms. The summed E-state index contributed by atoms with van der Waals surface area (Å²) in [5, 5.41) is 3.35. The van der Waals surface area contributed by atoms with Gasteiger partial charge in [0.05, 0.1) is 0 Å². The Labute approximate surface area is 96.3 Å². The average Bonchev–Trinajstić information content (AvgIpc) is 2.58. The van der Waals surface area contributed by atoms with Crippen LogP contribution in [0.3, 0.4) is 0 Å². The third-order valence-electron chi connectivity index (χ3n) is 3.72. The van der Waals surface area contributed by atoms with Crippen molar-refractivity contribution in [2.75, 3.05) is 39.4 Å². The lowest BCUT2D eigenvalue weighted by molar-refractivity contribution is -0.137. The first kappa shape index (κ1) is 11.8. The fourth-order valence-electron chi connectivity index (χ4n) is 2.70. The van der Waals surface area contributed by atoms with Gasteiger partial charge in [-0.05, 0) is 25.8 Å². The van der Waals surface area contributed by atoms with Crippen molar-refractivity contribution in [3.8, 4) is 0 Å². The van der Waals surface area contributed by atoms with E-state index in [4.69, 9.17) is 10.5 Å². The summed E-state index contributed by atoms with van der Waals surface area (Å²) in [6.07, 6.45) is 2.56. The molecule has 2 aliphatic heterocycles. The lowest BCUT2D eigenvalue weighted by Crippen LogP contribution is -2.60. The largest absolute Gasteiger partial charge is 0.381 e. The van der Waals surface area contributed by atoms with Crippen molar-refractivity contribution in [3.63, 3.8) is 0 Å². The van der Waals surface area contributed by atoms with Crippen molar-refractivity contribution < 1.29 is 9.53 Å². The summed E-state index contributed by atoms with van der Waals surface area (Å²) in [4.78, 5) is 14.1. The standard InChI is InChI=1S/C11H21N3O2/c12-10(15)11(2-8-16-9-3-11)14-6-1-4-13-5-7-14/h13H,1-9H2,(H2,12,15). The van der Waals surface area contributed by atoms with Crippen LogP contribution >= 0.6 is 0 Å². The molecule has 2 saturated heterocycles. The molecule has 5 nitrogen and oxygen atoms in total. The minimum Gasteiger partial charge on any atom is -0.381 e. The predicted octanol–water partition coefficient (Wildman–Crippen LogP) is -0.684. The van der Waals surface area contributed by atoms with Gasteiger partial charge in [-0.15, -0.1) is 0 Å². The second-order valence-corrected chi connectivity index (χ2v) is 4.60. The van der Waals surface area contributed by atoms with Gasteiger partial charge in [0, 0.05) is 32.8 Å². The number of nitrogens with zero attached hydrogens (tertiary/aromatic N) is 1. The van der Waals surface area contributed by atoms with Crippen LogP contribution in [0.4, 0.5) is 0 Å². The molecule has 0 aromatic rings. The molecule has 0 aromatic carbocycles. The Morgan fingerprint density at radius 3 is 2.69 bits per heavy atom. The third kappa shape index (κ3) is 2.21. The van der Waals surface area contributed by atoms with Gasteiger partial charge in [0.25, 0.3) is 0 Å². The van der Waals surface area contributed by atoms with Crippen molar-refractivity contribution in [1.82, 2.24) is 10.2 Å². The van der Waals surface area contributed by atoms with E-state index in [1.165, 1.54) is 0 Å². The molecular formula is C11H21N3O2. The zero-order chi connectivity index (χ0) is 11.4. The number of nitrogens with two attached hydrogens (primary N) is 1. The quantitative estimate of drug-likeness (QED) is 0.655. The fraction of sp³-hybridized carbons (Fsp3) is 0.909. The summed E-state index contributed by atoms with van der Waals surface area (Å²) in [6, 6.07) is 0. The lowest BCUT2D eigenvalue weighted by Gasteiger charge is -2.43. The molecule has 0 bridgehead atoms. The number of carbonyl (C=O) groups excluding carboxylic acids is 1. The van der Waals surface area contributed by atoms with Crippen LogP contribution in [0.5, 0.6) is 0 Å². The summed E-state index contributed by atoms with van der Waals surface area (Å²) in [5.74, 6) is -0.183. The molecule has 0 radical (unpaired) electrons. The van der Waals surface area contributed by atoms with Crippen molar-refractivity contribution in [2.24, 2.45) is 5.73 Å². The average molecular weight is 227 g/mol. The van der Waals surface area contributed by atoms with Gasteiger partial charge < -0.3 is 15.8 Å². The highest BCUT2D eigenvalue weighted by atomic mass is 16.5. The van der Waals surface area contributed by atoms with E-state index >= 15 is 0 Å². The van der Waals surface area contributed by atoms with Crippen LogP contribution in [-0.4, -0.2) is 55.7 Å². The first-order valence-corrected chi connectivity index (χ1v) is 6.09. The van der Waals surface area contributed by atoms with Crippen molar-refractivity contribution in [3.05, 3.63) is 0 Å². The number of ether oxygens (including phenoxy) is 1. The smallest absolute Gasteiger partial charge is 0.238 e. The Morgan fingerprint density at radius 1 is 1.25 bits per heavy atom. The molecule has 1 amide bonds. The van der Waals surface area contributed by atoms with Gasteiger partial charge in [-0.3, -0.25) is 9.69 Å². The molecule has 0 saturated carbocycles. The molecule has 0 unspecified atom stereocenters. The Hall–Kier alpha value is -0.650. The van der Waals surface area contributed by atoms with E-state index in [9.17, 15) is 4.79 Å².